The summed E-state index contributed by atoms with van der Waals surface area (Å²) in [5.41, 5.74) is 3.94. The average Bonchev–Trinajstić information content (AvgIpc) is 3.51. The highest BCUT2D eigenvalue weighted by Crippen LogP contribution is 2.44. The van der Waals surface area contributed by atoms with Crippen molar-refractivity contribution in [1.29, 1.82) is 0 Å². The molecule has 1 aliphatic rings. The maximum absolute atomic E-state index is 13.3. The van der Waals surface area contributed by atoms with E-state index in [1.165, 1.54) is 16.2 Å². The molecule has 0 saturated carbocycles. The molecule has 3 aromatic carbocycles. The summed E-state index contributed by atoms with van der Waals surface area (Å²) in [6.07, 6.45) is 0. The second kappa shape index (κ2) is 9.84. The topological polar surface area (TPSA) is 66.8 Å². The van der Waals surface area contributed by atoms with Gasteiger partial charge in [-0.05, 0) is 66.2 Å². The Morgan fingerprint density at radius 2 is 1.67 bits per heavy atom. The number of carbonyl (C=O) groups is 2. The van der Waals surface area contributed by atoms with E-state index in [2.05, 4.69) is 0 Å². The van der Waals surface area contributed by atoms with Gasteiger partial charge in [-0.15, -0.1) is 11.3 Å². The van der Waals surface area contributed by atoms with Crippen LogP contribution in [0.4, 0.5) is 5.69 Å². The first-order valence-electron chi connectivity index (χ1n) is 11.6. The number of aliphatic hydroxyl groups excluding tert-OH is 1. The van der Waals surface area contributed by atoms with Crippen LogP contribution in [0.2, 0.25) is 0 Å². The molecule has 1 aromatic heterocycles. The van der Waals surface area contributed by atoms with Crippen molar-refractivity contribution in [3.8, 4) is 5.75 Å². The number of anilines is 1. The zero-order valence-electron chi connectivity index (χ0n) is 20.0. The molecule has 1 N–H and O–H groups in total. The van der Waals surface area contributed by atoms with Gasteiger partial charge in [0.05, 0.1) is 5.57 Å². The molecule has 1 unspecified atom stereocenters. The van der Waals surface area contributed by atoms with E-state index in [4.69, 9.17) is 4.74 Å². The van der Waals surface area contributed by atoms with Gasteiger partial charge in [0, 0.05) is 16.1 Å². The first-order valence-corrected chi connectivity index (χ1v) is 12.5. The Balaban J connectivity index is 1.54. The van der Waals surface area contributed by atoms with Gasteiger partial charge in [0.1, 0.15) is 24.2 Å². The number of carbonyl (C=O) groups excluding carboxylic acids is 2. The zero-order valence-corrected chi connectivity index (χ0v) is 20.8. The smallest absolute Gasteiger partial charge is 0.300 e. The lowest BCUT2D eigenvalue weighted by molar-refractivity contribution is -0.132. The van der Waals surface area contributed by atoms with Crippen LogP contribution in [0.3, 0.4) is 0 Å². The molecule has 1 amide bonds. The summed E-state index contributed by atoms with van der Waals surface area (Å²) in [6.45, 7) is 4.21. The van der Waals surface area contributed by atoms with E-state index in [1.54, 1.807) is 18.2 Å². The molecule has 5 rings (SSSR count). The van der Waals surface area contributed by atoms with Gasteiger partial charge in [-0.1, -0.05) is 54.6 Å². The average molecular weight is 496 g/mol. The van der Waals surface area contributed by atoms with Crippen molar-refractivity contribution >= 4 is 34.5 Å². The fraction of sp³-hybridized carbons (Fsp3) is 0.133. The van der Waals surface area contributed by atoms with E-state index in [0.717, 1.165) is 21.6 Å². The van der Waals surface area contributed by atoms with Gasteiger partial charge in [-0.2, -0.15) is 0 Å². The number of ether oxygens (including phenoxy) is 1. The number of ketones is 1. The molecule has 0 aliphatic carbocycles. The van der Waals surface area contributed by atoms with Gasteiger partial charge < -0.3 is 9.84 Å². The minimum absolute atomic E-state index is 0.0862. The van der Waals surface area contributed by atoms with Crippen LogP contribution in [0, 0.1) is 13.8 Å². The zero-order chi connectivity index (χ0) is 25.2. The van der Waals surface area contributed by atoms with Gasteiger partial charge in [0.2, 0.25) is 0 Å². The maximum Gasteiger partial charge on any atom is 0.300 e. The highest BCUT2D eigenvalue weighted by Gasteiger charge is 2.47. The number of hydrogen-bond donors (Lipinski definition) is 1. The summed E-state index contributed by atoms with van der Waals surface area (Å²) >= 11 is 1.44. The van der Waals surface area contributed by atoms with Crippen molar-refractivity contribution in [3.63, 3.8) is 0 Å². The minimum Gasteiger partial charge on any atom is -0.507 e. The Morgan fingerprint density at radius 1 is 0.917 bits per heavy atom. The molecule has 2 heterocycles. The van der Waals surface area contributed by atoms with Crippen molar-refractivity contribution in [2.75, 3.05) is 4.90 Å². The standard InChI is InChI=1S/C30H25NO4S/c1-19-9-6-7-12-23(19)31-27(25-13-8-16-36-25)26(29(33)30(31)34)28(32)22-14-15-24(20(2)17-22)35-18-21-10-4-3-5-11-21/h3-17,27,32H,18H2,1-2H3/b28-26-. The van der Waals surface area contributed by atoms with Crippen molar-refractivity contribution in [2.24, 2.45) is 0 Å². The monoisotopic (exact) mass is 495 g/mol. The fourth-order valence-electron chi connectivity index (χ4n) is 4.48. The molecule has 0 spiro atoms. The van der Waals surface area contributed by atoms with Crippen LogP contribution >= 0.6 is 11.3 Å². The lowest BCUT2D eigenvalue weighted by Gasteiger charge is -2.25. The third-order valence-corrected chi connectivity index (χ3v) is 7.24. The van der Waals surface area contributed by atoms with E-state index in [9.17, 15) is 14.7 Å². The van der Waals surface area contributed by atoms with Crippen LogP contribution in [0.1, 0.15) is 33.2 Å². The van der Waals surface area contributed by atoms with Crippen molar-refractivity contribution < 1.29 is 19.4 Å². The molecular weight excluding hydrogens is 470 g/mol. The summed E-state index contributed by atoms with van der Waals surface area (Å²) in [7, 11) is 0. The predicted molar refractivity (Wildman–Crippen MR) is 142 cm³/mol. The third kappa shape index (κ3) is 4.32. The van der Waals surface area contributed by atoms with Gasteiger partial charge in [-0.25, -0.2) is 0 Å². The number of para-hydroxylation sites is 1. The second-order valence-corrected chi connectivity index (χ2v) is 9.70. The summed E-state index contributed by atoms with van der Waals surface area (Å²) in [5, 5.41) is 13.3. The van der Waals surface area contributed by atoms with E-state index < -0.39 is 17.7 Å². The molecule has 1 saturated heterocycles. The molecule has 4 aromatic rings. The maximum atomic E-state index is 13.3. The number of amides is 1. The number of Topliss-reactive ketones (excluding diaryl/α,β-unsaturated/α-hetero) is 1. The molecule has 5 nitrogen and oxygen atoms in total. The highest BCUT2D eigenvalue weighted by atomic mass is 32.1. The number of aryl methyl sites for hydroxylation is 2. The normalized spacial score (nSPS) is 16.9. The van der Waals surface area contributed by atoms with Crippen molar-refractivity contribution in [2.45, 2.75) is 26.5 Å². The quantitative estimate of drug-likeness (QED) is 0.187. The SMILES string of the molecule is Cc1cc(/C(O)=C2/C(=O)C(=O)N(c3ccccc3C)C2c2cccs2)ccc1OCc1ccccc1. The molecular formula is C30H25NO4S. The summed E-state index contributed by atoms with van der Waals surface area (Å²) in [6, 6.07) is 25.6. The number of hydrogen-bond acceptors (Lipinski definition) is 5. The van der Waals surface area contributed by atoms with Crippen LogP contribution < -0.4 is 9.64 Å². The largest absolute Gasteiger partial charge is 0.507 e. The number of benzene rings is 3. The van der Waals surface area contributed by atoms with Gasteiger partial charge in [0.25, 0.3) is 11.7 Å². The van der Waals surface area contributed by atoms with Crippen LogP contribution in [0.15, 0.2) is 95.9 Å². The molecule has 36 heavy (non-hydrogen) atoms. The lowest BCUT2D eigenvalue weighted by Crippen LogP contribution is -2.29. The number of nitrogens with zero attached hydrogens (tertiary/aromatic N) is 1. The van der Waals surface area contributed by atoms with Crippen LogP contribution in [0.5, 0.6) is 5.75 Å². The van der Waals surface area contributed by atoms with Gasteiger partial charge in [-0.3, -0.25) is 14.5 Å². The van der Waals surface area contributed by atoms with Gasteiger partial charge in [0.15, 0.2) is 0 Å². The summed E-state index contributed by atoms with van der Waals surface area (Å²) in [5.74, 6) is -0.855. The first kappa shape index (κ1) is 23.6. The first-order chi connectivity index (χ1) is 17.5. The predicted octanol–water partition coefficient (Wildman–Crippen LogP) is 6.57. The molecule has 0 radical (unpaired) electrons. The molecule has 1 atom stereocenters. The van der Waals surface area contributed by atoms with Crippen molar-refractivity contribution in [3.05, 3.63) is 123 Å². The van der Waals surface area contributed by atoms with Crippen LogP contribution in [-0.4, -0.2) is 16.8 Å². The van der Waals surface area contributed by atoms with Crippen LogP contribution in [-0.2, 0) is 16.2 Å². The Hall–Kier alpha value is -4.16. The second-order valence-electron chi connectivity index (χ2n) is 8.73. The number of rotatable bonds is 6. The van der Waals surface area contributed by atoms with Gasteiger partial charge >= 0.3 is 0 Å². The summed E-state index contributed by atoms with van der Waals surface area (Å²) in [4.78, 5) is 28.9. The number of aliphatic hydroxyl groups is 1. The Bertz CT molecular complexity index is 1460. The Morgan fingerprint density at radius 3 is 2.36 bits per heavy atom. The van der Waals surface area contributed by atoms with E-state index in [0.29, 0.717) is 23.6 Å². The molecule has 1 fully saturated rings. The lowest BCUT2D eigenvalue weighted by atomic mass is 9.98. The van der Waals surface area contributed by atoms with Crippen molar-refractivity contribution in [1.82, 2.24) is 0 Å². The fourth-order valence-corrected chi connectivity index (χ4v) is 5.30. The Labute approximate surface area is 213 Å². The summed E-state index contributed by atoms with van der Waals surface area (Å²) < 4.78 is 5.96. The van der Waals surface area contributed by atoms with E-state index in [-0.39, 0.29) is 11.3 Å². The minimum atomic E-state index is -0.708. The molecule has 0 bridgehead atoms. The number of thiophene rings is 1. The van der Waals surface area contributed by atoms with Crippen LogP contribution in [0.25, 0.3) is 5.76 Å². The third-order valence-electron chi connectivity index (χ3n) is 6.32. The van der Waals surface area contributed by atoms with E-state index in [1.807, 2.05) is 86.0 Å². The molecule has 6 heteroatoms. The van der Waals surface area contributed by atoms with E-state index >= 15 is 0 Å². The Kier molecular flexibility index (Phi) is 6.44. The molecule has 1 aliphatic heterocycles. The molecule has 180 valence electrons. The highest BCUT2D eigenvalue weighted by molar-refractivity contribution is 7.10.